The summed E-state index contributed by atoms with van der Waals surface area (Å²) in [7, 11) is 0. The van der Waals surface area contributed by atoms with Gasteiger partial charge in [-0.3, -0.25) is 0 Å². The van der Waals surface area contributed by atoms with Gasteiger partial charge in [-0.1, -0.05) is 22.0 Å². The number of nitrogens with zero attached hydrogens (tertiary/aromatic N) is 1. The maximum absolute atomic E-state index is 13.6. The number of rotatable bonds is 3. The van der Waals surface area contributed by atoms with E-state index in [0.29, 0.717) is 16.9 Å². The van der Waals surface area contributed by atoms with Crippen LogP contribution in [0.5, 0.6) is 0 Å². The zero-order valence-corrected chi connectivity index (χ0v) is 11.8. The van der Waals surface area contributed by atoms with Crippen molar-refractivity contribution < 1.29 is 4.39 Å². The fourth-order valence-corrected chi connectivity index (χ4v) is 2.95. The Bertz CT molecular complexity index is 607. The van der Waals surface area contributed by atoms with Crippen LogP contribution < -0.4 is 0 Å². The normalized spacial score (nSPS) is 10.1. The van der Waals surface area contributed by atoms with Gasteiger partial charge in [-0.15, -0.1) is 11.8 Å². The molecule has 0 aliphatic heterocycles. The minimum Gasteiger partial charge on any atom is -0.207 e. The maximum Gasteiger partial charge on any atom is 0.127 e. The van der Waals surface area contributed by atoms with Crippen LogP contribution in [0.15, 0.2) is 51.8 Å². The van der Waals surface area contributed by atoms with Crippen LogP contribution in [0.3, 0.4) is 0 Å². The van der Waals surface area contributed by atoms with Crippen molar-refractivity contribution in [3.8, 4) is 6.07 Å². The lowest BCUT2D eigenvalue weighted by molar-refractivity contribution is 0.617. The van der Waals surface area contributed by atoms with Gasteiger partial charge in [0.2, 0.25) is 0 Å². The van der Waals surface area contributed by atoms with E-state index in [0.717, 1.165) is 9.37 Å². The van der Waals surface area contributed by atoms with E-state index in [1.165, 1.54) is 12.1 Å². The molecule has 0 saturated carbocycles. The van der Waals surface area contributed by atoms with Crippen molar-refractivity contribution in [3.05, 3.63) is 63.9 Å². The molecule has 0 aliphatic rings. The van der Waals surface area contributed by atoms with Gasteiger partial charge in [0.25, 0.3) is 0 Å². The number of hydrogen-bond donors (Lipinski definition) is 0. The number of thioether (sulfide) groups is 1. The Morgan fingerprint density at radius 2 is 2.06 bits per heavy atom. The Morgan fingerprint density at radius 1 is 1.22 bits per heavy atom. The molecule has 0 heterocycles. The van der Waals surface area contributed by atoms with Crippen molar-refractivity contribution >= 4 is 27.7 Å². The number of nitriles is 1. The molecule has 0 aromatic heterocycles. The highest BCUT2D eigenvalue weighted by molar-refractivity contribution is 9.10. The lowest BCUT2D eigenvalue weighted by atomic mass is 10.1. The lowest BCUT2D eigenvalue weighted by Gasteiger charge is -2.04. The highest BCUT2D eigenvalue weighted by atomic mass is 79.9. The van der Waals surface area contributed by atoms with Crippen LogP contribution in [0.4, 0.5) is 4.39 Å². The van der Waals surface area contributed by atoms with Gasteiger partial charge in [0.1, 0.15) is 5.82 Å². The standard InChI is InChI=1S/C14H9BrFNS/c15-12-2-1-3-13(7-12)18-9-11-6-10(8-17)4-5-14(11)16/h1-7H,9H2. The van der Waals surface area contributed by atoms with Gasteiger partial charge in [-0.05, 0) is 42.0 Å². The van der Waals surface area contributed by atoms with Crippen molar-refractivity contribution in [1.29, 1.82) is 5.26 Å². The molecule has 4 heteroatoms. The van der Waals surface area contributed by atoms with Gasteiger partial charge in [-0.2, -0.15) is 5.26 Å². The molecule has 90 valence electrons. The Labute approximate surface area is 118 Å². The van der Waals surface area contributed by atoms with Gasteiger partial charge in [0.05, 0.1) is 11.6 Å². The van der Waals surface area contributed by atoms with E-state index in [4.69, 9.17) is 5.26 Å². The van der Waals surface area contributed by atoms with E-state index in [-0.39, 0.29) is 5.82 Å². The fraction of sp³-hybridized carbons (Fsp3) is 0.0714. The van der Waals surface area contributed by atoms with Gasteiger partial charge in [-0.25, -0.2) is 4.39 Å². The monoisotopic (exact) mass is 321 g/mol. The highest BCUT2D eigenvalue weighted by Crippen LogP contribution is 2.26. The Kier molecular flexibility index (Phi) is 4.40. The molecule has 0 radical (unpaired) electrons. The van der Waals surface area contributed by atoms with Crippen molar-refractivity contribution in [2.24, 2.45) is 0 Å². The Hall–Kier alpha value is -1.31. The predicted octanol–water partition coefficient (Wildman–Crippen LogP) is 4.75. The van der Waals surface area contributed by atoms with Crippen molar-refractivity contribution in [3.63, 3.8) is 0 Å². The average molecular weight is 322 g/mol. The first kappa shape index (κ1) is 13.1. The largest absolute Gasteiger partial charge is 0.207 e. The average Bonchev–Trinajstić information content (AvgIpc) is 2.38. The molecule has 0 unspecified atom stereocenters. The van der Waals surface area contributed by atoms with E-state index < -0.39 is 0 Å². The summed E-state index contributed by atoms with van der Waals surface area (Å²) in [4.78, 5) is 1.06. The third-order valence-electron chi connectivity index (χ3n) is 2.37. The first-order valence-corrected chi connectivity index (χ1v) is 7.04. The third kappa shape index (κ3) is 3.34. The highest BCUT2D eigenvalue weighted by Gasteiger charge is 2.04. The predicted molar refractivity (Wildman–Crippen MR) is 74.8 cm³/mol. The molecular formula is C14H9BrFNS. The molecule has 0 spiro atoms. The van der Waals surface area contributed by atoms with E-state index in [2.05, 4.69) is 15.9 Å². The number of hydrogen-bond acceptors (Lipinski definition) is 2. The van der Waals surface area contributed by atoms with Crippen LogP contribution in [0.2, 0.25) is 0 Å². The molecule has 0 bridgehead atoms. The second-order valence-electron chi connectivity index (χ2n) is 3.66. The van der Waals surface area contributed by atoms with E-state index in [1.54, 1.807) is 17.8 Å². The zero-order valence-electron chi connectivity index (χ0n) is 9.36. The van der Waals surface area contributed by atoms with E-state index >= 15 is 0 Å². The molecule has 2 aromatic carbocycles. The van der Waals surface area contributed by atoms with Crippen LogP contribution in [-0.2, 0) is 5.75 Å². The van der Waals surface area contributed by atoms with Crippen LogP contribution >= 0.6 is 27.7 Å². The summed E-state index contributed by atoms with van der Waals surface area (Å²) in [6, 6.07) is 14.3. The van der Waals surface area contributed by atoms with Crippen molar-refractivity contribution in [1.82, 2.24) is 0 Å². The van der Waals surface area contributed by atoms with Gasteiger partial charge in [0.15, 0.2) is 0 Å². The molecule has 1 nitrogen and oxygen atoms in total. The Balaban J connectivity index is 2.13. The lowest BCUT2D eigenvalue weighted by Crippen LogP contribution is -1.89. The van der Waals surface area contributed by atoms with E-state index in [1.807, 2.05) is 30.3 Å². The van der Waals surface area contributed by atoms with Gasteiger partial charge in [0, 0.05) is 15.1 Å². The topological polar surface area (TPSA) is 23.8 Å². The minimum atomic E-state index is -0.267. The van der Waals surface area contributed by atoms with Crippen molar-refractivity contribution in [2.75, 3.05) is 0 Å². The van der Waals surface area contributed by atoms with E-state index in [9.17, 15) is 4.39 Å². The molecule has 0 fully saturated rings. The van der Waals surface area contributed by atoms with Crippen molar-refractivity contribution in [2.45, 2.75) is 10.6 Å². The smallest absolute Gasteiger partial charge is 0.127 e. The summed E-state index contributed by atoms with van der Waals surface area (Å²) >= 11 is 4.94. The SMILES string of the molecule is N#Cc1ccc(F)c(CSc2cccc(Br)c2)c1. The maximum atomic E-state index is 13.6. The van der Waals surface area contributed by atoms with Gasteiger partial charge >= 0.3 is 0 Å². The zero-order chi connectivity index (χ0) is 13.0. The summed E-state index contributed by atoms with van der Waals surface area (Å²) in [5.41, 5.74) is 1.04. The summed E-state index contributed by atoms with van der Waals surface area (Å²) in [5, 5.41) is 8.79. The molecule has 0 amide bonds. The van der Waals surface area contributed by atoms with Crippen LogP contribution in [0.1, 0.15) is 11.1 Å². The second kappa shape index (κ2) is 6.03. The minimum absolute atomic E-state index is 0.267. The summed E-state index contributed by atoms with van der Waals surface area (Å²) in [5.74, 6) is 0.245. The second-order valence-corrected chi connectivity index (χ2v) is 5.63. The Morgan fingerprint density at radius 3 is 2.78 bits per heavy atom. The molecule has 0 N–H and O–H groups in total. The summed E-state index contributed by atoms with van der Waals surface area (Å²) in [6.07, 6.45) is 0. The molecule has 0 saturated heterocycles. The molecule has 2 rings (SSSR count). The van der Waals surface area contributed by atoms with Crippen LogP contribution in [-0.4, -0.2) is 0 Å². The number of benzene rings is 2. The molecular weight excluding hydrogens is 313 g/mol. The van der Waals surface area contributed by atoms with Crippen LogP contribution in [0, 0.1) is 17.1 Å². The molecule has 0 atom stereocenters. The van der Waals surface area contributed by atoms with Crippen LogP contribution in [0.25, 0.3) is 0 Å². The first-order valence-electron chi connectivity index (χ1n) is 5.26. The fourth-order valence-electron chi connectivity index (χ4n) is 1.47. The quantitative estimate of drug-likeness (QED) is 0.761. The summed E-state index contributed by atoms with van der Waals surface area (Å²) < 4.78 is 14.6. The third-order valence-corrected chi connectivity index (χ3v) is 3.90. The summed E-state index contributed by atoms with van der Waals surface area (Å²) in [6.45, 7) is 0. The molecule has 2 aromatic rings. The first-order chi connectivity index (χ1) is 8.69. The van der Waals surface area contributed by atoms with Gasteiger partial charge < -0.3 is 0 Å². The molecule has 18 heavy (non-hydrogen) atoms. The number of halogens is 2. The molecule has 0 aliphatic carbocycles.